The Morgan fingerprint density at radius 1 is 1.38 bits per heavy atom. The van der Waals surface area contributed by atoms with E-state index in [1.807, 2.05) is 12.1 Å². The summed E-state index contributed by atoms with van der Waals surface area (Å²) in [7, 11) is 0. The molecule has 1 aliphatic rings. The second kappa shape index (κ2) is 4.23. The molecular weight excluding hydrogens is 208 g/mol. The van der Waals surface area contributed by atoms with Crippen LogP contribution in [0.5, 0.6) is 0 Å². The molecule has 0 aliphatic heterocycles. The molecule has 0 spiro atoms. The fourth-order valence-corrected chi connectivity index (χ4v) is 2.35. The van der Waals surface area contributed by atoms with Crippen LogP contribution in [0.25, 0.3) is 0 Å². The van der Waals surface area contributed by atoms with Crippen LogP contribution < -0.4 is 0 Å². The van der Waals surface area contributed by atoms with E-state index in [0.29, 0.717) is 6.42 Å². The molecule has 0 aromatic heterocycles. The van der Waals surface area contributed by atoms with Gasteiger partial charge in [-0.3, -0.25) is 4.79 Å². The summed E-state index contributed by atoms with van der Waals surface area (Å²) in [5, 5.41) is 28.3. The number of rotatable bonds is 2. The van der Waals surface area contributed by atoms with Crippen molar-refractivity contribution < 1.29 is 20.1 Å². The van der Waals surface area contributed by atoms with Gasteiger partial charge in [0, 0.05) is 12.5 Å². The smallest absolute Gasteiger partial charge is 0.307 e. The zero-order chi connectivity index (χ0) is 11.7. The Labute approximate surface area is 93.2 Å². The van der Waals surface area contributed by atoms with E-state index in [0.717, 1.165) is 11.1 Å². The van der Waals surface area contributed by atoms with Crippen LogP contribution in [0.3, 0.4) is 0 Å². The van der Waals surface area contributed by atoms with Crippen molar-refractivity contribution in [3.63, 3.8) is 0 Å². The highest BCUT2D eigenvalue weighted by molar-refractivity contribution is 5.71. The number of carboxylic acid groups (broad SMARTS) is 1. The van der Waals surface area contributed by atoms with Gasteiger partial charge in [-0.2, -0.15) is 0 Å². The maximum atomic E-state index is 11.1. The van der Waals surface area contributed by atoms with Crippen molar-refractivity contribution in [3.05, 3.63) is 35.4 Å². The summed E-state index contributed by atoms with van der Waals surface area (Å²) in [4.78, 5) is 11.1. The van der Waals surface area contributed by atoms with E-state index in [9.17, 15) is 15.0 Å². The Kier molecular flexibility index (Phi) is 2.94. The van der Waals surface area contributed by atoms with Crippen molar-refractivity contribution in [2.45, 2.75) is 12.5 Å². The summed E-state index contributed by atoms with van der Waals surface area (Å²) in [6.07, 6.45) is -0.524. The first kappa shape index (κ1) is 11.1. The minimum absolute atomic E-state index is 0.313. The van der Waals surface area contributed by atoms with Crippen molar-refractivity contribution in [1.29, 1.82) is 0 Å². The standard InChI is InChI=1S/C12H14O4/c13-6-10-9(12(15)16)5-7-3-1-2-4-8(7)11(10)14/h1-4,9-11,13-14H,5-6H2,(H,15,16)/t9-,10+,11-/m1/s1. The van der Waals surface area contributed by atoms with Crippen molar-refractivity contribution in [2.75, 3.05) is 6.61 Å². The number of aliphatic hydroxyl groups is 2. The summed E-state index contributed by atoms with van der Waals surface area (Å²) in [5.74, 6) is -2.30. The third-order valence-electron chi connectivity index (χ3n) is 3.26. The third-order valence-corrected chi connectivity index (χ3v) is 3.26. The highest BCUT2D eigenvalue weighted by Gasteiger charge is 2.38. The Morgan fingerprint density at radius 3 is 2.69 bits per heavy atom. The molecule has 0 fully saturated rings. The average Bonchev–Trinajstić information content (AvgIpc) is 2.29. The summed E-state index contributed by atoms with van der Waals surface area (Å²) in [6, 6.07) is 7.23. The predicted molar refractivity (Wildman–Crippen MR) is 56.8 cm³/mol. The summed E-state index contributed by atoms with van der Waals surface area (Å²) < 4.78 is 0. The van der Waals surface area contributed by atoms with Gasteiger partial charge < -0.3 is 15.3 Å². The van der Waals surface area contributed by atoms with Crippen molar-refractivity contribution in [1.82, 2.24) is 0 Å². The lowest BCUT2D eigenvalue weighted by Crippen LogP contribution is -2.36. The lowest BCUT2D eigenvalue weighted by Gasteiger charge is -2.33. The van der Waals surface area contributed by atoms with Gasteiger partial charge in [-0.25, -0.2) is 0 Å². The Bertz CT molecular complexity index is 402. The van der Waals surface area contributed by atoms with Gasteiger partial charge in [0.05, 0.1) is 12.0 Å². The zero-order valence-electron chi connectivity index (χ0n) is 8.71. The summed E-state index contributed by atoms with van der Waals surface area (Å²) >= 11 is 0. The SMILES string of the molecule is O=C(O)[C@@H]1Cc2ccccc2[C@@H](O)[C@H]1CO. The van der Waals surface area contributed by atoms with Crippen LogP contribution in [0.4, 0.5) is 0 Å². The maximum absolute atomic E-state index is 11.1. The van der Waals surface area contributed by atoms with Crippen LogP contribution in [0, 0.1) is 11.8 Å². The molecule has 3 atom stereocenters. The van der Waals surface area contributed by atoms with Gasteiger partial charge >= 0.3 is 5.97 Å². The fourth-order valence-electron chi connectivity index (χ4n) is 2.35. The topological polar surface area (TPSA) is 77.8 Å². The van der Waals surface area contributed by atoms with Crippen LogP contribution >= 0.6 is 0 Å². The Balaban J connectivity index is 2.41. The van der Waals surface area contributed by atoms with Gasteiger partial charge in [0.25, 0.3) is 0 Å². The molecular formula is C12H14O4. The third kappa shape index (κ3) is 1.70. The van der Waals surface area contributed by atoms with Gasteiger partial charge in [-0.05, 0) is 17.5 Å². The number of aliphatic carboxylic acids is 1. The van der Waals surface area contributed by atoms with Crippen LogP contribution in [0.1, 0.15) is 17.2 Å². The normalized spacial score (nSPS) is 28.5. The molecule has 3 N–H and O–H groups in total. The molecule has 16 heavy (non-hydrogen) atoms. The number of fused-ring (bicyclic) bond motifs is 1. The van der Waals surface area contributed by atoms with E-state index in [1.165, 1.54) is 0 Å². The number of benzene rings is 1. The first-order valence-corrected chi connectivity index (χ1v) is 5.24. The molecule has 0 saturated heterocycles. The quantitative estimate of drug-likeness (QED) is 0.684. The monoisotopic (exact) mass is 222 g/mol. The van der Waals surface area contributed by atoms with Crippen molar-refractivity contribution in [3.8, 4) is 0 Å². The van der Waals surface area contributed by atoms with Crippen LogP contribution in [0.2, 0.25) is 0 Å². The van der Waals surface area contributed by atoms with Crippen LogP contribution in [0.15, 0.2) is 24.3 Å². The first-order chi connectivity index (χ1) is 7.65. The number of carbonyl (C=O) groups is 1. The van der Waals surface area contributed by atoms with E-state index in [4.69, 9.17) is 5.11 Å². The summed E-state index contributed by atoms with van der Waals surface area (Å²) in [5.41, 5.74) is 1.59. The van der Waals surface area contributed by atoms with E-state index < -0.39 is 23.9 Å². The molecule has 0 saturated carbocycles. The van der Waals surface area contributed by atoms with Crippen LogP contribution in [-0.2, 0) is 11.2 Å². The average molecular weight is 222 g/mol. The second-order valence-electron chi connectivity index (χ2n) is 4.14. The second-order valence-corrected chi connectivity index (χ2v) is 4.14. The molecule has 0 unspecified atom stereocenters. The minimum Gasteiger partial charge on any atom is -0.481 e. The molecule has 0 heterocycles. The molecule has 0 bridgehead atoms. The lowest BCUT2D eigenvalue weighted by atomic mass is 9.74. The zero-order valence-corrected chi connectivity index (χ0v) is 8.71. The van der Waals surface area contributed by atoms with E-state index in [2.05, 4.69) is 0 Å². The molecule has 2 rings (SSSR count). The summed E-state index contributed by atoms with van der Waals surface area (Å²) in [6.45, 7) is -0.313. The molecule has 0 radical (unpaired) electrons. The first-order valence-electron chi connectivity index (χ1n) is 5.24. The number of hydrogen-bond donors (Lipinski definition) is 3. The molecule has 1 aliphatic carbocycles. The molecule has 4 nitrogen and oxygen atoms in total. The molecule has 4 heteroatoms. The van der Waals surface area contributed by atoms with Crippen LogP contribution in [-0.4, -0.2) is 27.9 Å². The molecule has 1 aromatic carbocycles. The molecule has 0 amide bonds. The Hall–Kier alpha value is -1.39. The fraction of sp³-hybridized carbons (Fsp3) is 0.417. The van der Waals surface area contributed by atoms with E-state index in [1.54, 1.807) is 12.1 Å². The van der Waals surface area contributed by atoms with Crippen molar-refractivity contribution >= 4 is 5.97 Å². The lowest BCUT2D eigenvalue weighted by molar-refractivity contribution is -0.147. The number of aliphatic hydroxyl groups excluding tert-OH is 2. The van der Waals surface area contributed by atoms with Gasteiger partial charge in [0.1, 0.15) is 0 Å². The van der Waals surface area contributed by atoms with Gasteiger partial charge in [-0.1, -0.05) is 24.3 Å². The largest absolute Gasteiger partial charge is 0.481 e. The molecule has 1 aromatic rings. The molecule has 86 valence electrons. The maximum Gasteiger partial charge on any atom is 0.307 e. The predicted octanol–water partition coefficient (Wildman–Crippen LogP) is 0.585. The highest BCUT2D eigenvalue weighted by Crippen LogP contribution is 2.37. The van der Waals surface area contributed by atoms with E-state index >= 15 is 0 Å². The van der Waals surface area contributed by atoms with Gasteiger partial charge in [0.2, 0.25) is 0 Å². The number of carboxylic acids is 1. The number of hydrogen-bond acceptors (Lipinski definition) is 3. The van der Waals surface area contributed by atoms with E-state index in [-0.39, 0.29) is 6.61 Å². The van der Waals surface area contributed by atoms with Gasteiger partial charge in [0.15, 0.2) is 0 Å². The Morgan fingerprint density at radius 2 is 2.06 bits per heavy atom. The van der Waals surface area contributed by atoms with Gasteiger partial charge in [-0.15, -0.1) is 0 Å². The minimum atomic E-state index is -0.965. The highest BCUT2D eigenvalue weighted by atomic mass is 16.4. The van der Waals surface area contributed by atoms with Crippen molar-refractivity contribution in [2.24, 2.45) is 11.8 Å².